The molecule has 0 radical (unpaired) electrons. The Labute approximate surface area is 140 Å². The smallest absolute Gasteiger partial charge is 0.270 e. The molecule has 0 saturated carbocycles. The van der Waals surface area contributed by atoms with E-state index in [1.165, 1.54) is 4.88 Å². The van der Waals surface area contributed by atoms with Crippen LogP contribution in [0.25, 0.3) is 0 Å². The highest BCUT2D eigenvalue weighted by atomic mass is 32.1. The average molecular weight is 331 g/mol. The van der Waals surface area contributed by atoms with Crippen molar-refractivity contribution in [2.45, 2.75) is 19.4 Å². The van der Waals surface area contributed by atoms with Crippen molar-refractivity contribution in [2.75, 3.05) is 31.2 Å². The lowest BCUT2D eigenvalue weighted by Gasteiger charge is -2.29. The van der Waals surface area contributed by atoms with Crippen LogP contribution in [-0.4, -0.2) is 37.2 Å². The van der Waals surface area contributed by atoms with Crippen molar-refractivity contribution in [3.05, 3.63) is 46.4 Å². The second-order valence-corrected chi connectivity index (χ2v) is 6.43. The summed E-state index contributed by atoms with van der Waals surface area (Å²) in [5.41, 5.74) is 1.49. The standard InChI is InChI=1S/C17H21N3O2S/c1-2-14(16-4-3-11-23-16)19-17(21)15-12-13(5-6-18-15)20-7-9-22-10-8-20/h3-6,11-12,14H,2,7-10H2,1H3,(H,19,21)/t14-/m0/s1. The molecule has 6 heteroatoms. The van der Waals surface area contributed by atoms with E-state index in [1.807, 2.05) is 23.6 Å². The third kappa shape index (κ3) is 3.89. The van der Waals surface area contributed by atoms with Gasteiger partial charge in [-0.2, -0.15) is 0 Å². The first-order valence-electron chi connectivity index (χ1n) is 7.91. The molecule has 0 aliphatic carbocycles. The lowest BCUT2D eigenvalue weighted by Crippen LogP contribution is -2.36. The first-order valence-corrected chi connectivity index (χ1v) is 8.79. The van der Waals surface area contributed by atoms with Crippen LogP contribution in [0.1, 0.15) is 34.8 Å². The molecule has 1 saturated heterocycles. The number of carbonyl (C=O) groups excluding carboxylic acids is 1. The number of rotatable bonds is 5. The van der Waals surface area contributed by atoms with E-state index in [4.69, 9.17) is 4.74 Å². The Hall–Kier alpha value is -1.92. The van der Waals surface area contributed by atoms with Crippen LogP contribution in [0.5, 0.6) is 0 Å². The molecule has 1 fully saturated rings. The van der Waals surface area contributed by atoms with Crippen molar-refractivity contribution in [3.63, 3.8) is 0 Å². The fourth-order valence-electron chi connectivity index (χ4n) is 2.66. The van der Waals surface area contributed by atoms with Crippen LogP contribution in [0, 0.1) is 0 Å². The van der Waals surface area contributed by atoms with E-state index in [2.05, 4.69) is 28.2 Å². The minimum Gasteiger partial charge on any atom is -0.378 e. The topological polar surface area (TPSA) is 54.5 Å². The summed E-state index contributed by atoms with van der Waals surface area (Å²) in [4.78, 5) is 20.2. The van der Waals surface area contributed by atoms with Gasteiger partial charge in [0.25, 0.3) is 5.91 Å². The lowest BCUT2D eigenvalue weighted by molar-refractivity contribution is 0.0931. The zero-order valence-corrected chi connectivity index (χ0v) is 14.0. The first-order chi connectivity index (χ1) is 11.3. The third-order valence-corrected chi connectivity index (χ3v) is 4.94. The van der Waals surface area contributed by atoms with Crippen molar-refractivity contribution in [1.29, 1.82) is 0 Å². The number of nitrogens with zero attached hydrogens (tertiary/aromatic N) is 2. The summed E-state index contributed by atoms with van der Waals surface area (Å²) in [5.74, 6) is -0.125. The number of morpholine rings is 1. The van der Waals surface area contributed by atoms with E-state index in [0.29, 0.717) is 5.69 Å². The number of hydrogen-bond acceptors (Lipinski definition) is 5. The van der Waals surface area contributed by atoms with Crippen molar-refractivity contribution in [2.24, 2.45) is 0 Å². The number of anilines is 1. The van der Waals surface area contributed by atoms with Gasteiger partial charge in [-0.3, -0.25) is 9.78 Å². The third-order valence-electron chi connectivity index (χ3n) is 3.95. The Kier molecular flexibility index (Phi) is 5.25. The molecule has 0 bridgehead atoms. The van der Waals surface area contributed by atoms with Crippen molar-refractivity contribution in [1.82, 2.24) is 10.3 Å². The van der Waals surface area contributed by atoms with E-state index < -0.39 is 0 Å². The molecule has 23 heavy (non-hydrogen) atoms. The molecule has 2 aromatic heterocycles. The Morgan fingerprint density at radius 2 is 2.26 bits per heavy atom. The molecule has 3 heterocycles. The van der Waals surface area contributed by atoms with Crippen LogP contribution in [0.3, 0.4) is 0 Å². The Balaban J connectivity index is 1.71. The van der Waals surface area contributed by atoms with Gasteiger partial charge in [-0.25, -0.2) is 0 Å². The van der Waals surface area contributed by atoms with Gasteiger partial charge in [0.2, 0.25) is 0 Å². The van der Waals surface area contributed by atoms with Gasteiger partial charge in [0, 0.05) is 29.9 Å². The zero-order chi connectivity index (χ0) is 16.1. The molecule has 2 aromatic rings. The number of hydrogen-bond donors (Lipinski definition) is 1. The van der Waals surface area contributed by atoms with Crippen LogP contribution in [-0.2, 0) is 4.74 Å². The van der Waals surface area contributed by atoms with Gasteiger partial charge in [0.1, 0.15) is 5.69 Å². The second-order valence-electron chi connectivity index (χ2n) is 5.45. The predicted molar refractivity (Wildman–Crippen MR) is 92.1 cm³/mol. The van der Waals surface area contributed by atoms with E-state index >= 15 is 0 Å². The molecular weight excluding hydrogens is 310 g/mol. The Morgan fingerprint density at radius 3 is 2.96 bits per heavy atom. The van der Waals surface area contributed by atoms with Crippen LogP contribution in [0.15, 0.2) is 35.8 Å². The summed E-state index contributed by atoms with van der Waals surface area (Å²) in [7, 11) is 0. The molecule has 3 rings (SSSR count). The maximum absolute atomic E-state index is 12.5. The molecule has 1 atom stereocenters. The highest BCUT2D eigenvalue weighted by molar-refractivity contribution is 7.10. The minimum absolute atomic E-state index is 0.0383. The molecule has 1 amide bonds. The van der Waals surface area contributed by atoms with Crippen molar-refractivity contribution < 1.29 is 9.53 Å². The number of thiophene rings is 1. The predicted octanol–water partition coefficient (Wildman–Crippen LogP) is 2.86. The largest absolute Gasteiger partial charge is 0.378 e. The van der Waals surface area contributed by atoms with Gasteiger partial charge in [-0.05, 0) is 30.0 Å². The Bertz CT molecular complexity index is 639. The molecule has 1 aliphatic rings. The lowest BCUT2D eigenvalue weighted by atomic mass is 10.1. The fourth-order valence-corrected chi connectivity index (χ4v) is 3.52. The van der Waals surface area contributed by atoms with Gasteiger partial charge in [0.05, 0.1) is 19.3 Å². The van der Waals surface area contributed by atoms with Gasteiger partial charge >= 0.3 is 0 Å². The summed E-state index contributed by atoms with van der Waals surface area (Å²) >= 11 is 1.66. The Morgan fingerprint density at radius 1 is 1.43 bits per heavy atom. The molecular formula is C17H21N3O2S. The molecule has 0 spiro atoms. The van der Waals surface area contributed by atoms with E-state index in [0.717, 1.165) is 38.4 Å². The van der Waals surface area contributed by atoms with Gasteiger partial charge in [0.15, 0.2) is 0 Å². The number of aromatic nitrogens is 1. The number of nitrogens with one attached hydrogen (secondary N) is 1. The van der Waals surface area contributed by atoms with Crippen LogP contribution >= 0.6 is 11.3 Å². The monoisotopic (exact) mass is 331 g/mol. The first kappa shape index (κ1) is 16.0. The molecule has 1 N–H and O–H groups in total. The molecule has 5 nitrogen and oxygen atoms in total. The summed E-state index contributed by atoms with van der Waals surface area (Å²) in [5, 5.41) is 5.11. The van der Waals surface area contributed by atoms with E-state index in [1.54, 1.807) is 17.5 Å². The summed E-state index contributed by atoms with van der Waals surface area (Å²) < 4.78 is 5.37. The second kappa shape index (κ2) is 7.57. The molecule has 0 unspecified atom stereocenters. The number of amides is 1. The summed E-state index contributed by atoms with van der Waals surface area (Å²) in [6.07, 6.45) is 2.56. The van der Waals surface area contributed by atoms with E-state index in [9.17, 15) is 4.79 Å². The number of ether oxygens (including phenoxy) is 1. The number of carbonyl (C=O) groups is 1. The maximum Gasteiger partial charge on any atom is 0.270 e. The molecule has 0 aromatic carbocycles. The summed E-state index contributed by atoms with van der Waals surface area (Å²) in [6, 6.07) is 7.90. The minimum atomic E-state index is -0.125. The SMILES string of the molecule is CC[C@H](NC(=O)c1cc(N2CCOCC2)ccn1)c1cccs1. The van der Waals surface area contributed by atoms with Crippen molar-refractivity contribution in [3.8, 4) is 0 Å². The van der Waals surface area contributed by atoms with E-state index in [-0.39, 0.29) is 11.9 Å². The van der Waals surface area contributed by atoms with Crippen LogP contribution in [0.2, 0.25) is 0 Å². The number of pyridine rings is 1. The van der Waals surface area contributed by atoms with Crippen LogP contribution < -0.4 is 10.2 Å². The summed E-state index contributed by atoms with van der Waals surface area (Å²) in [6.45, 7) is 5.21. The normalized spacial score (nSPS) is 16.1. The van der Waals surface area contributed by atoms with Gasteiger partial charge in [-0.1, -0.05) is 13.0 Å². The van der Waals surface area contributed by atoms with Gasteiger partial charge < -0.3 is 15.0 Å². The fraction of sp³-hybridized carbons (Fsp3) is 0.412. The zero-order valence-electron chi connectivity index (χ0n) is 13.2. The molecule has 122 valence electrons. The molecule has 1 aliphatic heterocycles. The van der Waals surface area contributed by atoms with Gasteiger partial charge in [-0.15, -0.1) is 11.3 Å². The highest BCUT2D eigenvalue weighted by Crippen LogP contribution is 2.22. The van der Waals surface area contributed by atoms with Crippen molar-refractivity contribution >= 4 is 22.9 Å². The maximum atomic E-state index is 12.5. The average Bonchev–Trinajstić information content (AvgIpc) is 3.15. The quantitative estimate of drug-likeness (QED) is 0.915. The highest BCUT2D eigenvalue weighted by Gasteiger charge is 2.18. The van der Waals surface area contributed by atoms with Crippen LogP contribution in [0.4, 0.5) is 5.69 Å².